The van der Waals surface area contributed by atoms with Crippen LogP contribution in [0.2, 0.25) is 0 Å². The Morgan fingerprint density at radius 1 is 1.37 bits per heavy atom. The SMILES string of the molecule is CCCCOCCCNc1cc(C(=O)O)cc(C)n1. The molecular weight excluding hydrogens is 244 g/mol. The molecule has 0 amide bonds. The predicted octanol–water partition coefficient (Wildman–Crippen LogP) is 2.71. The summed E-state index contributed by atoms with van der Waals surface area (Å²) in [5, 5.41) is 12.1. The molecule has 0 aliphatic heterocycles. The summed E-state index contributed by atoms with van der Waals surface area (Å²) in [5.74, 6) is -0.331. The number of nitrogens with one attached hydrogen (secondary N) is 1. The predicted molar refractivity (Wildman–Crippen MR) is 74.8 cm³/mol. The molecule has 19 heavy (non-hydrogen) atoms. The number of pyridine rings is 1. The van der Waals surface area contributed by atoms with Crippen LogP contribution < -0.4 is 5.32 Å². The minimum Gasteiger partial charge on any atom is -0.478 e. The molecule has 5 nitrogen and oxygen atoms in total. The molecule has 1 rings (SSSR count). The van der Waals surface area contributed by atoms with E-state index in [1.165, 1.54) is 0 Å². The summed E-state index contributed by atoms with van der Waals surface area (Å²) < 4.78 is 5.44. The van der Waals surface area contributed by atoms with Crippen LogP contribution in [-0.4, -0.2) is 35.8 Å². The van der Waals surface area contributed by atoms with Crippen LogP contribution in [0.15, 0.2) is 12.1 Å². The highest BCUT2D eigenvalue weighted by Gasteiger charge is 2.06. The quantitative estimate of drug-likeness (QED) is 0.672. The smallest absolute Gasteiger partial charge is 0.335 e. The summed E-state index contributed by atoms with van der Waals surface area (Å²) in [6.45, 7) is 6.16. The second-order valence-electron chi connectivity index (χ2n) is 4.43. The largest absolute Gasteiger partial charge is 0.478 e. The number of hydrogen-bond acceptors (Lipinski definition) is 4. The van der Waals surface area contributed by atoms with E-state index >= 15 is 0 Å². The summed E-state index contributed by atoms with van der Waals surface area (Å²) in [4.78, 5) is 15.2. The number of hydrogen-bond donors (Lipinski definition) is 2. The number of aromatic carboxylic acids is 1. The zero-order valence-corrected chi connectivity index (χ0v) is 11.6. The number of ether oxygens (including phenoxy) is 1. The van der Waals surface area contributed by atoms with Gasteiger partial charge in [-0.05, 0) is 31.9 Å². The molecule has 2 N–H and O–H groups in total. The average Bonchev–Trinajstić information content (AvgIpc) is 2.37. The van der Waals surface area contributed by atoms with Crippen molar-refractivity contribution in [3.8, 4) is 0 Å². The van der Waals surface area contributed by atoms with Crippen molar-refractivity contribution in [1.82, 2.24) is 4.98 Å². The van der Waals surface area contributed by atoms with E-state index in [0.29, 0.717) is 18.1 Å². The van der Waals surface area contributed by atoms with Gasteiger partial charge in [-0.1, -0.05) is 13.3 Å². The third kappa shape index (κ3) is 6.20. The molecule has 0 aliphatic carbocycles. The summed E-state index contributed by atoms with van der Waals surface area (Å²) in [6.07, 6.45) is 3.11. The Balaban J connectivity index is 2.31. The van der Waals surface area contributed by atoms with Crippen LogP contribution in [0.3, 0.4) is 0 Å². The zero-order valence-electron chi connectivity index (χ0n) is 11.6. The Labute approximate surface area is 114 Å². The summed E-state index contributed by atoms with van der Waals surface area (Å²) >= 11 is 0. The number of rotatable bonds is 9. The lowest BCUT2D eigenvalue weighted by Crippen LogP contribution is -2.09. The minimum atomic E-state index is -0.934. The van der Waals surface area contributed by atoms with Gasteiger partial charge in [-0.15, -0.1) is 0 Å². The number of carboxylic acids is 1. The van der Waals surface area contributed by atoms with Gasteiger partial charge >= 0.3 is 5.97 Å². The minimum absolute atomic E-state index is 0.259. The molecule has 0 bridgehead atoms. The molecule has 1 heterocycles. The zero-order chi connectivity index (χ0) is 14.1. The fourth-order valence-electron chi connectivity index (χ4n) is 1.62. The van der Waals surface area contributed by atoms with Crippen LogP contribution in [0.4, 0.5) is 5.82 Å². The first kappa shape index (κ1) is 15.4. The Morgan fingerprint density at radius 2 is 2.11 bits per heavy atom. The van der Waals surface area contributed by atoms with Crippen molar-refractivity contribution in [2.24, 2.45) is 0 Å². The van der Waals surface area contributed by atoms with Gasteiger partial charge in [-0.2, -0.15) is 0 Å². The molecule has 106 valence electrons. The van der Waals surface area contributed by atoms with Crippen LogP contribution in [0, 0.1) is 6.92 Å². The van der Waals surface area contributed by atoms with Gasteiger partial charge < -0.3 is 15.2 Å². The fraction of sp³-hybridized carbons (Fsp3) is 0.571. The molecule has 1 aromatic rings. The number of aromatic nitrogens is 1. The van der Waals surface area contributed by atoms with Crippen LogP contribution >= 0.6 is 0 Å². The van der Waals surface area contributed by atoms with Crippen molar-refractivity contribution < 1.29 is 14.6 Å². The van der Waals surface area contributed by atoms with Crippen molar-refractivity contribution in [3.63, 3.8) is 0 Å². The lowest BCUT2D eigenvalue weighted by atomic mass is 10.2. The van der Waals surface area contributed by atoms with E-state index in [2.05, 4.69) is 17.2 Å². The van der Waals surface area contributed by atoms with Gasteiger partial charge in [0.2, 0.25) is 0 Å². The van der Waals surface area contributed by atoms with Crippen molar-refractivity contribution in [3.05, 3.63) is 23.4 Å². The molecule has 0 unspecified atom stereocenters. The van der Waals surface area contributed by atoms with E-state index in [-0.39, 0.29) is 5.56 Å². The van der Waals surface area contributed by atoms with Gasteiger partial charge in [0.1, 0.15) is 5.82 Å². The van der Waals surface area contributed by atoms with Gasteiger partial charge in [0.15, 0.2) is 0 Å². The number of unbranched alkanes of at least 4 members (excludes halogenated alkanes) is 1. The third-order valence-electron chi connectivity index (χ3n) is 2.61. The molecule has 0 fully saturated rings. The third-order valence-corrected chi connectivity index (χ3v) is 2.61. The van der Waals surface area contributed by atoms with Crippen LogP contribution in [-0.2, 0) is 4.74 Å². The number of carbonyl (C=O) groups is 1. The Bertz CT molecular complexity index is 408. The molecule has 5 heteroatoms. The highest BCUT2D eigenvalue weighted by molar-refractivity contribution is 5.88. The lowest BCUT2D eigenvalue weighted by molar-refractivity contribution is 0.0696. The molecular formula is C14H22N2O3. The highest BCUT2D eigenvalue weighted by Crippen LogP contribution is 2.10. The Morgan fingerprint density at radius 3 is 2.79 bits per heavy atom. The number of carboxylic acid groups (broad SMARTS) is 1. The number of anilines is 1. The Hall–Kier alpha value is -1.62. The maximum absolute atomic E-state index is 10.9. The monoisotopic (exact) mass is 266 g/mol. The molecule has 0 saturated heterocycles. The second-order valence-corrected chi connectivity index (χ2v) is 4.43. The summed E-state index contributed by atoms with van der Waals surface area (Å²) in [5.41, 5.74) is 0.954. The van der Waals surface area contributed by atoms with Gasteiger partial charge in [-0.25, -0.2) is 9.78 Å². The summed E-state index contributed by atoms with van der Waals surface area (Å²) in [6, 6.07) is 3.11. The highest BCUT2D eigenvalue weighted by atomic mass is 16.5. The number of aryl methyl sites for hydroxylation is 1. The van der Waals surface area contributed by atoms with Crippen LogP contribution in [0.1, 0.15) is 42.2 Å². The van der Waals surface area contributed by atoms with E-state index in [1.54, 1.807) is 19.1 Å². The van der Waals surface area contributed by atoms with Crippen LogP contribution in [0.25, 0.3) is 0 Å². The van der Waals surface area contributed by atoms with E-state index in [1.807, 2.05) is 0 Å². The first-order chi connectivity index (χ1) is 9.13. The van der Waals surface area contributed by atoms with Crippen molar-refractivity contribution >= 4 is 11.8 Å². The van der Waals surface area contributed by atoms with E-state index < -0.39 is 5.97 Å². The molecule has 0 aromatic carbocycles. The van der Waals surface area contributed by atoms with Gasteiger partial charge in [0.05, 0.1) is 5.56 Å². The molecule has 0 radical (unpaired) electrons. The van der Waals surface area contributed by atoms with E-state index in [0.717, 1.165) is 32.4 Å². The average molecular weight is 266 g/mol. The molecule has 0 aliphatic rings. The molecule has 0 spiro atoms. The van der Waals surface area contributed by atoms with E-state index in [9.17, 15) is 4.79 Å². The fourth-order valence-corrected chi connectivity index (χ4v) is 1.62. The normalized spacial score (nSPS) is 10.4. The van der Waals surface area contributed by atoms with Crippen molar-refractivity contribution in [2.75, 3.05) is 25.1 Å². The Kier molecular flexibility index (Phi) is 6.89. The van der Waals surface area contributed by atoms with Crippen molar-refractivity contribution in [2.45, 2.75) is 33.1 Å². The van der Waals surface area contributed by atoms with Gasteiger partial charge in [-0.3, -0.25) is 0 Å². The first-order valence-corrected chi connectivity index (χ1v) is 6.67. The maximum atomic E-state index is 10.9. The molecule has 0 atom stereocenters. The van der Waals surface area contributed by atoms with Crippen molar-refractivity contribution in [1.29, 1.82) is 0 Å². The number of nitrogens with zero attached hydrogens (tertiary/aromatic N) is 1. The maximum Gasteiger partial charge on any atom is 0.335 e. The van der Waals surface area contributed by atoms with Crippen LogP contribution in [0.5, 0.6) is 0 Å². The summed E-state index contributed by atoms with van der Waals surface area (Å²) in [7, 11) is 0. The molecule has 1 aromatic heterocycles. The van der Waals surface area contributed by atoms with Gasteiger partial charge in [0.25, 0.3) is 0 Å². The lowest BCUT2D eigenvalue weighted by Gasteiger charge is -2.08. The van der Waals surface area contributed by atoms with Gasteiger partial charge in [0, 0.05) is 25.5 Å². The topological polar surface area (TPSA) is 71.5 Å². The first-order valence-electron chi connectivity index (χ1n) is 6.67. The van der Waals surface area contributed by atoms with E-state index in [4.69, 9.17) is 9.84 Å². The second kappa shape index (κ2) is 8.48. The molecule has 0 saturated carbocycles. The standard InChI is InChI=1S/C14H22N2O3/c1-3-4-7-19-8-5-6-15-13-10-12(14(17)18)9-11(2)16-13/h9-10H,3-8H2,1-2H3,(H,15,16)(H,17,18).